The van der Waals surface area contributed by atoms with Gasteiger partial charge >= 0.3 is 0 Å². The van der Waals surface area contributed by atoms with Crippen molar-refractivity contribution >= 4 is 32.7 Å². The number of fused-ring (bicyclic) bond motifs is 2. The Hall–Kier alpha value is -3.52. The van der Waals surface area contributed by atoms with Gasteiger partial charge in [0.15, 0.2) is 10.8 Å². The summed E-state index contributed by atoms with van der Waals surface area (Å²) in [6.07, 6.45) is 3.24. The maximum absolute atomic E-state index is 13.0. The highest BCUT2D eigenvalue weighted by Crippen LogP contribution is 2.30. The van der Waals surface area contributed by atoms with Crippen LogP contribution in [0.4, 0.5) is 5.13 Å². The lowest BCUT2D eigenvalue weighted by Crippen LogP contribution is -2.34. The average Bonchev–Trinajstić information content (AvgIpc) is 3.42. The lowest BCUT2D eigenvalue weighted by molar-refractivity contribution is -0.122. The van der Waals surface area contributed by atoms with Crippen LogP contribution in [0.5, 0.6) is 0 Å². The van der Waals surface area contributed by atoms with E-state index in [2.05, 4.69) is 39.6 Å². The molecule has 4 aromatic rings. The minimum Gasteiger partial charge on any atom is -0.348 e. The molecule has 8 heteroatoms. The molecule has 1 atom stereocenters. The molecule has 1 aliphatic carbocycles. The van der Waals surface area contributed by atoms with E-state index in [9.17, 15) is 9.59 Å². The van der Waals surface area contributed by atoms with E-state index < -0.39 is 0 Å². The fraction of sp³-hybridized carbons (Fsp3) is 0.250. The number of rotatable bonds is 6. The summed E-state index contributed by atoms with van der Waals surface area (Å²) < 4.78 is 1.82. The lowest BCUT2D eigenvalue weighted by Gasteiger charge is -2.15. The summed E-state index contributed by atoms with van der Waals surface area (Å²) in [5, 5.41) is 3.78. The highest BCUT2D eigenvalue weighted by Gasteiger charge is 2.23. The SMILES string of the molecule is CN(Cc1ccccc1)c1nc2ncn(CC(=O)NC3CCc4ccccc43)c(=O)c2s1. The van der Waals surface area contributed by atoms with Crippen LogP contribution < -0.4 is 15.8 Å². The molecule has 2 aromatic heterocycles. The number of benzene rings is 2. The van der Waals surface area contributed by atoms with Crippen LogP contribution in [0, 0.1) is 0 Å². The molecular weight excluding hydrogens is 422 g/mol. The van der Waals surface area contributed by atoms with Gasteiger partial charge in [-0.3, -0.25) is 14.2 Å². The molecule has 2 heterocycles. The van der Waals surface area contributed by atoms with Crippen molar-refractivity contribution in [3.8, 4) is 0 Å². The van der Waals surface area contributed by atoms with Crippen LogP contribution in [0.15, 0.2) is 65.7 Å². The summed E-state index contributed by atoms with van der Waals surface area (Å²) in [5.41, 5.74) is 3.76. The molecule has 0 spiro atoms. The predicted octanol–water partition coefficient (Wildman–Crippen LogP) is 3.29. The monoisotopic (exact) mass is 445 g/mol. The molecule has 1 N–H and O–H groups in total. The number of nitrogens with zero attached hydrogens (tertiary/aromatic N) is 4. The van der Waals surface area contributed by atoms with Gasteiger partial charge in [0, 0.05) is 13.6 Å². The van der Waals surface area contributed by atoms with Crippen LogP contribution in [-0.4, -0.2) is 27.5 Å². The summed E-state index contributed by atoms with van der Waals surface area (Å²) >= 11 is 1.30. The third-order valence-electron chi connectivity index (χ3n) is 5.74. The zero-order chi connectivity index (χ0) is 22.1. The second-order valence-corrected chi connectivity index (χ2v) is 9.00. The highest BCUT2D eigenvalue weighted by atomic mass is 32.1. The first-order valence-electron chi connectivity index (χ1n) is 10.6. The maximum atomic E-state index is 13.0. The van der Waals surface area contributed by atoms with E-state index in [0.717, 1.165) is 29.1 Å². The lowest BCUT2D eigenvalue weighted by atomic mass is 10.1. The van der Waals surface area contributed by atoms with Gasteiger partial charge in [0.2, 0.25) is 5.91 Å². The molecule has 0 bridgehead atoms. The number of hydrogen-bond donors (Lipinski definition) is 1. The van der Waals surface area contributed by atoms with Gasteiger partial charge in [-0.05, 0) is 29.5 Å². The first-order valence-corrected chi connectivity index (χ1v) is 11.4. The van der Waals surface area contributed by atoms with Crippen LogP contribution >= 0.6 is 11.3 Å². The van der Waals surface area contributed by atoms with Gasteiger partial charge in [0.1, 0.15) is 17.6 Å². The van der Waals surface area contributed by atoms with Gasteiger partial charge in [-0.15, -0.1) is 0 Å². The van der Waals surface area contributed by atoms with Crippen molar-refractivity contribution in [1.29, 1.82) is 0 Å². The molecule has 162 valence electrons. The van der Waals surface area contributed by atoms with Crippen molar-refractivity contribution in [2.75, 3.05) is 11.9 Å². The Morgan fingerprint density at radius 3 is 2.81 bits per heavy atom. The van der Waals surface area contributed by atoms with E-state index in [1.54, 1.807) is 0 Å². The van der Waals surface area contributed by atoms with Crippen LogP contribution in [-0.2, 0) is 24.3 Å². The molecule has 0 saturated carbocycles. The van der Waals surface area contributed by atoms with Gasteiger partial charge in [-0.2, -0.15) is 4.98 Å². The van der Waals surface area contributed by atoms with Crippen molar-refractivity contribution in [2.45, 2.75) is 32.0 Å². The molecule has 7 nitrogen and oxygen atoms in total. The van der Waals surface area contributed by atoms with Crippen LogP contribution in [0.2, 0.25) is 0 Å². The number of aryl methyl sites for hydroxylation is 1. The zero-order valence-corrected chi connectivity index (χ0v) is 18.5. The van der Waals surface area contributed by atoms with Crippen molar-refractivity contribution in [1.82, 2.24) is 19.9 Å². The Morgan fingerprint density at radius 2 is 1.97 bits per heavy atom. The second kappa shape index (κ2) is 8.55. The summed E-state index contributed by atoms with van der Waals surface area (Å²) in [4.78, 5) is 36.5. The molecule has 0 radical (unpaired) electrons. The first-order chi connectivity index (χ1) is 15.6. The summed E-state index contributed by atoms with van der Waals surface area (Å²) in [5.74, 6) is -0.194. The van der Waals surface area contributed by atoms with Crippen LogP contribution in [0.1, 0.15) is 29.2 Å². The number of thiazole rings is 1. The van der Waals surface area contributed by atoms with Crippen molar-refractivity contribution in [2.24, 2.45) is 0 Å². The van der Waals surface area contributed by atoms with Gasteiger partial charge in [-0.25, -0.2) is 4.98 Å². The molecule has 0 saturated heterocycles. The number of hydrogen-bond acceptors (Lipinski definition) is 6. The summed E-state index contributed by atoms with van der Waals surface area (Å²) in [6.45, 7) is 0.619. The Bertz CT molecular complexity index is 1330. The minimum atomic E-state index is -0.242. The van der Waals surface area contributed by atoms with E-state index >= 15 is 0 Å². The zero-order valence-electron chi connectivity index (χ0n) is 17.7. The van der Waals surface area contributed by atoms with Gasteiger partial charge in [0.05, 0.1) is 6.04 Å². The second-order valence-electron chi connectivity index (χ2n) is 8.03. The molecule has 0 aliphatic heterocycles. The van der Waals surface area contributed by atoms with E-state index in [4.69, 9.17) is 0 Å². The average molecular weight is 446 g/mol. The van der Waals surface area contributed by atoms with E-state index in [0.29, 0.717) is 16.9 Å². The molecular formula is C24H23N5O2S. The minimum absolute atomic E-state index is 0.00673. The normalized spacial score (nSPS) is 15.0. The highest BCUT2D eigenvalue weighted by molar-refractivity contribution is 7.22. The van der Waals surface area contributed by atoms with Crippen LogP contribution in [0.25, 0.3) is 10.3 Å². The fourth-order valence-corrected chi connectivity index (χ4v) is 5.07. The number of carbonyl (C=O) groups excluding carboxylic acids is 1. The first kappa shape index (κ1) is 20.4. The fourth-order valence-electron chi connectivity index (χ4n) is 4.14. The summed E-state index contributed by atoms with van der Waals surface area (Å²) in [7, 11) is 1.94. The topological polar surface area (TPSA) is 80.1 Å². The van der Waals surface area contributed by atoms with Gasteiger partial charge in [0.25, 0.3) is 5.56 Å². The van der Waals surface area contributed by atoms with E-state index in [1.165, 1.54) is 27.8 Å². The summed E-state index contributed by atoms with van der Waals surface area (Å²) in [6, 6.07) is 18.2. The number of anilines is 1. The molecule has 0 fully saturated rings. The molecule has 32 heavy (non-hydrogen) atoms. The molecule has 1 aliphatic rings. The van der Waals surface area contributed by atoms with Crippen molar-refractivity contribution in [3.63, 3.8) is 0 Å². The van der Waals surface area contributed by atoms with Gasteiger partial charge < -0.3 is 10.2 Å². The van der Waals surface area contributed by atoms with Crippen molar-refractivity contribution in [3.05, 3.63) is 88.0 Å². The Morgan fingerprint density at radius 1 is 1.19 bits per heavy atom. The molecule has 1 unspecified atom stereocenters. The predicted molar refractivity (Wildman–Crippen MR) is 126 cm³/mol. The Labute approximate surface area is 189 Å². The third kappa shape index (κ3) is 4.01. The molecule has 2 aromatic carbocycles. The largest absolute Gasteiger partial charge is 0.348 e. The number of carbonyl (C=O) groups is 1. The Balaban J connectivity index is 1.31. The quantitative estimate of drug-likeness (QED) is 0.493. The third-order valence-corrected chi connectivity index (χ3v) is 6.89. The number of amides is 1. The smallest absolute Gasteiger partial charge is 0.273 e. The standard InChI is InChI=1S/C24H23N5O2S/c1-28(13-16-7-3-2-4-8-16)24-27-22-21(32-24)23(31)29(15-25-22)14-20(30)26-19-12-11-17-9-5-6-10-18(17)19/h2-10,15,19H,11-14H2,1H3,(H,26,30). The molecule has 1 amide bonds. The van der Waals surface area contributed by atoms with E-state index in [-0.39, 0.29) is 24.1 Å². The maximum Gasteiger partial charge on any atom is 0.273 e. The molecule has 5 rings (SSSR count). The van der Waals surface area contributed by atoms with Crippen LogP contribution in [0.3, 0.4) is 0 Å². The van der Waals surface area contributed by atoms with E-state index in [1.807, 2.05) is 42.3 Å². The Kier molecular flexibility index (Phi) is 5.45. The van der Waals surface area contributed by atoms with Crippen molar-refractivity contribution < 1.29 is 4.79 Å². The van der Waals surface area contributed by atoms with Gasteiger partial charge in [-0.1, -0.05) is 65.9 Å². The number of aromatic nitrogens is 3. The number of nitrogens with one attached hydrogen (secondary N) is 1.